The smallest absolute Gasteiger partial charge is 0.387 e. The number of aliphatic imine (C=N–C) groups is 1. The molecule has 1 saturated heterocycles. The zero-order valence-electron chi connectivity index (χ0n) is 15.5. The van der Waals surface area contributed by atoms with Gasteiger partial charge in [0, 0.05) is 37.7 Å². The van der Waals surface area contributed by atoms with Gasteiger partial charge in [0.05, 0.1) is 7.11 Å². The second-order valence-corrected chi connectivity index (χ2v) is 7.34. The maximum Gasteiger partial charge on any atom is 0.387 e. The summed E-state index contributed by atoms with van der Waals surface area (Å²) in [5.41, 5.74) is 0.894. The molecule has 8 heteroatoms. The SMILES string of the molecule is CCC1CN(C(=NC)NCCc2ccc(OC)c(OC(F)F)c2)CCS1. The predicted octanol–water partition coefficient (Wildman–Crippen LogP) is 3.24. The second-order valence-electron chi connectivity index (χ2n) is 5.93. The van der Waals surface area contributed by atoms with Crippen LogP contribution >= 0.6 is 11.8 Å². The molecule has 1 unspecified atom stereocenters. The van der Waals surface area contributed by atoms with Crippen molar-refractivity contribution < 1.29 is 18.3 Å². The quantitative estimate of drug-likeness (QED) is 0.575. The van der Waals surface area contributed by atoms with Crippen molar-refractivity contribution in [3.63, 3.8) is 0 Å². The first-order chi connectivity index (χ1) is 12.6. The van der Waals surface area contributed by atoms with Gasteiger partial charge in [-0.3, -0.25) is 4.99 Å². The predicted molar refractivity (Wildman–Crippen MR) is 103 cm³/mol. The third-order valence-electron chi connectivity index (χ3n) is 4.25. The largest absolute Gasteiger partial charge is 0.493 e. The molecule has 0 spiro atoms. The van der Waals surface area contributed by atoms with Crippen LogP contribution in [0.3, 0.4) is 0 Å². The summed E-state index contributed by atoms with van der Waals surface area (Å²) in [6.07, 6.45) is 1.82. The van der Waals surface area contributed by atoms with Crippen LogP contribution in [0.1, 0.15) is 18.9 Å². The Hall–Kier alpha value is -1.70. The molecule has 1 fully saturated rings. The molecule has 26 heavy (non-hydrogen) atoms. The molecule has 0 saturated carbocycles. The van der Waals surface area contributed by atoms with Crippen LogP contribution in [0.25, 0.3) is 0 Å². The summed E-state index contributed by atoms with van der Waals surface area (Å²) < 4.78 is 34.6. The number of alkyl halides is 2. The number of hydrogen-bond donors (Lipinski definition) is 1. The summed E-state index contributed by atoms with van der Waals surface area (Å²) >= 11 is 2.01. The minimum Gasteiger partial charge on any atom is -0.493 e. The lowest BCUT2D eigenvalue weighted by Gasteiger charge is -2.34. The average molecular weight is 387 g/mol. The number of methoxy groups -OCH3 is 1. The van der Waals surface area contributed by atoms with Gasteiger partial charge in [0.25, 0.3) is 0 Å². The fourth-order valence-corrected chi connectivity index (χ4v) is 4.05. The van der Waals surface area contributed by atoms with Gasteiger partial charge in [-0.1, -0.05) is 13.0 Å². The van der Waals surface area contributed by atoms with Crippen LogP contribution < -0.4 is 14.8 Å². The van der Waals surface area contributed by atoms with Crippen LogP contribution in [0, 0.1) is 0 Å². The van der Waals surface area contributed by atoms with Gasteiger partial charge in [0.1, 0.15) is 0 Å². The van der Waals surface area contributed by atoms with Gasteiger partial charge < -0.3 is 19.7 Å². The Morgan fingerprint density at radius 1 is 1.42 bits per heavy atom. The van der Waals surface area contributed by atoms with Gasteiger partial charge in [-0.2, -0.15) is 20.5 Å². The van der Waals surface area contributed by atoms with Crippen molar-refractivity contribution in [1.29, 1.82) is 0 Å². The summed E-state index contributed by atoms with van der Waals surface area (Å²) in [5.74, 6) is 2.35. The first kappa shape index (κ1) is 20.6. The lowest BCUT2D eigenvalue weighted by molar-refractivity contribution is -0.0512. The van der Waals surface area contributed by atoms with Crippen molar-refractivity contribution in [3.8, 4) is 11.5 Å². The van der Waals surface area contributed by atoms with E-state index in [-0.39, 0.29) is 5.75 Å². The highest BCUT2D eigenvalue weighted by atomic mass is 32.2. The van der Waals surface area contributed by atoms with Crippen molar-refractivity contribution in [1.82, 2.24) is 10.2 Å². The molecule has 5 nitrogen and oxygen atoms in total. The summed E-state index contributed by atoms with van der Waals surface area (Å²) in [5, 5.41) is 4.00. The van der Waals surface area contributed by atoms with E-state index in [0.717, 1.165) is 36.8 Å². The van der Waals surface area contributed by atoms with Gasteiger partial charge in [0.15, 0.2) is 17.5 Å². The van der Waals surface area contributed by atoms with E-state index in [2.05, 4.69) is 26.9 Å². The lowest BCUT2D eigenvalue weighted by Crippen LogP contribution is -2.48. The monoisotopic (exact) mass is 387 g/mol. The molecular formula is C18H27F2N3O2S. The zero-order valence-corrected chi connectivity index (χ0v) is 16.3. The Balaban J connectivity index is 1.91. The number of nitrogens with zero attached hydrogens (tertiary/aromatic N) is 2. The maximum atomic E-state index is 12.5. The number of benzene rings is 1. The Morgan fingerprint density at radius 2 is 2.23 bits per heavy atom. The summed E-state index contributed by atoms with van der Waals surface area (Å²) in [4.78, 5) is 6.66. The molecule has 2 rings (SSSR count). The minimum atomic E-state index is -2.88. The lowest BCUT2D eigenvalue weighted by atomic mass is 10.1. The number of guanidine groups is 1. The molecule has 146 valence electrons. The van der Waals surface area contributed by atoms with Gasteiger partial charge in [-0.15, -0.1) is 0 Å². The van der Waals surface area contributed by atoms with Crippen LogP contribution in [-0.2, 0) is 6.42 Å². The van der Waals surface area contributed by atoms with E-state index in [0.29, 0.717) is 24.0 Å². The van der Waals surface area contributed by atoms with Gasteiger partial charge in [-0.25, -0.2) is 0 Å². The van der Waals surface area contributed by atoms with Crippen LogP contribution in [0.2, 0.25) is 0 Å². The topological polar surface area (TPSA) is 46.1 Å². The molecule has 1 aliphatic heterocycles. The van der Waals surface area contributed by atoms with E-state index < -0.39 is 6.61 Å². The van der Waals surface area contributed by atoms with E-state index in [1.807, 2.05) is 17.8 Å². The third kappa shape index (κ3) is 5.93. The maximum absolute atomic E-state index is 12.5. The van der Waals surface area contributed by atoms with E-state index in [4.69, 9.17) is 4.74 Å². The molecule has 1 atom stereocenters. The van der Waals surface area contributed by atoms with E-state index in [1.165, 1.54) is 7.11 Å². The number of thioether (sulfide) groups is 1. The summed E-state index contributed by atoms with van der Waals surface area (Å²) in [6.45, 7) is 1.97. The molecule has 1 N–H and O–H groups in total. The normalized spacial score (nSPS) is 18.2. The van der Waals surface area contributed by atoms with Crippen molar-refractivity contribution in [2.24, 2.45) is 4.99 Å². The van der Waals surface area contributed by atoms with Gasteiger partial charge >= 0.3 is 6.61 Å². The van der Waals surface area contributed by atoms with Crippen molar-refractivity contribution >= 4 is 17.7 Å². The fraction of sp³-hybridized carbons (Fsp3) is 0.611. The van der Waals surface area contributed by atoms with Crippen molar-refractivity contribution in [2.75, 3.05) is 39.5 Å². The first-order valence-corrected chi connectivity index (χ1v) is 9.81. The molecular weight excluding hydrogens is 360 g/mol. The Kier molecular flexibility index (Phi) is 8.28. The molecule has 1 aromatic rings. The number of hydrogen-bond acceptors (Lipinski definition) is 4. The molecule has 1 heterocycles. The molecule has 0 aromatic heterocycles. The summed E-state index contributed by atoms with van der Waals surface area (Å²) in [7, 11) is 3.21. The van der Waals surface area contributed by atoms with Crippen LogP contribution in [0.15, 0.2) is 23.2 Å². The molecule has 0 amide bonds. The molecule has 0 bridgehead atoms. The number of ether oxygens (including phenoxy) is 2. The fourth-order valence-electron chi connectivity index (χ4n) is 2.87. The summed E-state index contributed by atoms with van der Waals surface area (Å²) in [6, 6.07) is 5.10. The second kappa shape index (κ2) is 10.4. The van der Waals surface area contributed by atoms with Crippen LogP contribution in [0.4, 0.5) is 8.78 Å². The molecule has 0 radical (unpaired) electrons. The standard InChI is InChI=1S/C18H27F2N3O2S/c1-4-14-12-23(9-10-26-14)18(21-2)22-8-7-13-5-6-15(24-3)16(11-13)25-17(19)20/h5-6,11,14,17H,4,7-10,12H2,1-3H3,(H,21,22). The highest BCUT2D eigenvalue weighted by Crippen LogP contribution is 2.29. The average Bonchev–Trinajstić information content (AvgIpc) is 2.65. The molecule has 1 aliphatic rings. The van der Waals surface area contributed by atoms with E-state index in [9.17, 15) is 8.78 Å². The Bertz CT molecular complexity index is 602. The third-order valence-corrected chi connectivity index (χ3v) is 5.62. The highest BCUT2D eigenvalue weighted by Gasteiger charge is 2.21. The Morgan fingerprint density at radius 3 is 2.88 bits per heavy atom. The minimum absolute atomic E-state index is 0.0585. The molecule has 1 aromatic carbocycles. The van der Waals surface area contributed by atoms with Crippen molar-refractivity contribution in [3.05, 3.63) is 23.8 Å². The number of nitrogens with one attached hydrogen (secondary N) is 1. The first-order valence-electron chi connectivity index (χ1n) is 8.76. The Labute approximate surface area is 158 Å². The zero-order chi connectivity index (χ0) is 18.9. The molecule has 0 aliphatic carbocycles. The van der Waals surface area contributed by atoms with Crippen molar-refractivity contribution in [2.45, 2.75) is 31.6 Å². The van der Waals surface area contributed by atoms with Gasteiger partial charge in [0.2, 0.25) is 0 Å². The van der Waals surface area contributed by atoms with Crippen LogP contribution in [0.5, 0.6) is 11.5 Å². The van der Waals surface area contributed by atoms with Gasteiger partial charge in [-0.05, 0) is 30.5 Å². The van der Waals surface area contributed by atoms with E-state index in [1.54, 1.807) is 19.2 Å². The number of rotatable bonds is 7. The highest BCUT2D eigenvalue weighted by molar-refractivity contribution is 8.00. The van der Waals surface area contributed by atoms with E-state index >= 15 is 0 Å². The van der Waals surface area contributed by atoms with Crippen LogP contribution in [-0.4, -0.2) is 62.3 Å². The number of halogens is 2.